The Morgan fingerprint density at radius 3 is 2.95 bits per heavy atom. The van der Waals surface area contributed by atoms with Crippen LogP contribution >= 0.6 is 22.9 Å². The molecule has 1 aromatic carbocycles. The fourth-order valence-corrected chi connectivity index (χ4v) is 2.43. The van der Waals surface area contributed by atoms with Crippen LogP contribution < -0.4 is 5.43 Å². The number of nitro benzene ring substituents is 1. The number of nitrogens with one attached hydrogen (secondary N) is 1. The van der Waals surface area contributed by atoms with Crippen LogP contribution in [0, 0.1) is 10.1 Å². The van der Waals surface area contributed by atoms with Gasteiger partial charge in [0.25, 0.3) is 5.69 Å². The molecule has 1 aromatic heterocycles. The van der Waals surface area contributed by atoms with E-state index in [2.05, 4.69) is 10.5 Å². The Hall–Kier alpha value is -2.25. The van der Waals surface area contributed by atoms with E-state index < -0.39 is 4.92 Å². The van der Waals surface area contributed by atoms with Gasteiger partial charge in [0.2, 0.25) is 5.91 Å². The summed E-state index contributed by atoms with van der Waals surface area (Å²) in [5.74, 6) is -0.253. The third-order valence-corrected chi connectivity index (χ3v) is 3.68. The maximum atomic E-state index is 11.6. The minimum Gasteiger partial charge on any atom is -0.273 e. The molecule has 1 heterocycles. The average molecular weight is 324 g/mol. The molecular formula is C13H10ClN3O3S. The van der Waals surface area contributed by atoms with Gasteiger partial charge in [-0.15, -0.1) is 11.3 Å². The van der Waals surface area contributed by atoms with Crippen molar-refractivity contribution in [2.75, 3.05) is 0 Å². The van der Waals surface area contributed by atoms with E-state index in [9.17, 15) is 14.9 Å². The van der Waals surface area contributed by atoms with Crippen LogP contribution in [0.2, 0.25) is 5.02 Å². The Morgan fingerprint density at radius 1 is 1.48 bits per heavy atom. The standard InChI is InChI=1S/C13H10ClN3O3S/c14-11-4-3-9(6-12(11)17(19)20)8-15-16-13(18)7-10-2-1-5-21-10/h1-6,8H,7H2,(H,16,18). The molecule has 21 heavy (non-hydrogen) atoms. The number of carbonyl (C=O) groups is 1. The van der Waals surface area contributed by atoms with Gasteiger partial charge in [0.15, 0.2) is 0 Å². The summed E-state index contributed by atoms with van der Waals surface area (Å²) in [6, 6.07) is 8.00. The van der Waals surface area contributed by atoms with E-state index in [1.54, 1.807) is 6.07 Å². The Morgan fingerprint density at radius 2 is 2.29 bits per heavy atom. The zero-order chi connectivity index (χ0) is 15.2. The van der Waals surface area contributed by atoms with Crippen LogP contribution in [0.15, 0.2) is 40.8 Å². The minimum atomic E-state index is -0.574. The molecule has 0 fully saturated rings. The summed E-state index contributed by atoms with van der Waals surface area (Å²) in [6.45, 7) is 0. The third-order valence-electron chi connectivity index (χ3n) is 2.48. The molecule has 6 nitrogen and oxygen atoms in total. The van der Waals surface area contributed by atoms with Crippen LogP contribution in [0.4, 0.5) is 5.69 Å². The van der Waals surface area contributed by atoms with Gasteiger partial charge in [-0.2, -0.15) is 5.10 Å². The largest absolute Gasteiger partial charge is 0.288 e. The lowest BCUT2D eigenvalue weighted by Crippen LogP contribution is -2.19. The van der Waals surface area contributed by atoms with Gasteiger partial charge in [-0.3, -0.25) is 14.9 Å². The number of carbonyl (C=O) groups excluding carboxylic acids is 1. The molecule has 108 valence electrons. The normalized spacial score (nSPS) is 10.7. The summed E-state index contributed by atoms with van der Waals surface area (Å²) in [5.41, 5.74) is 2.64. The number of nitrogens with zero attached hydrogens (tertiary/aromatic N) is 2. The fourth-order valence-electron chi connectivity index (χ4n) is 1.54. The van der Waals surface area contributed by atoms with E-state index in [4.69, 9.17) is 11.6 Å². The molecule has 0 atom stereocenters. The highest BCUT2D eigenvalue weighted by molar-refractivity contribution is 7.10. The number of rotatable bonds is 5. The van der Waals surface area contributed by atoms with Crippen molar-refractivity contribution in [1.82, 2.24) is 5.43 Å². The van der Waals surface area contributed by atoms with E-state index in [0.29, 0.717) is 5.56 Å². The molecule has 0 aliphatic carbocycles. The molecular weight excluding hydrogens is 314 g/mol. The predicted octanol–water partition coefficient (Wildman–Crippen LogP) is 3.00. The number of benzene rings is 1. The van der Waals surface area contributed by atoms with Gasteiger partial charge in [0.05, 0.1) is 17.6 Å². The molecule has 0 spiro atoms. The number of nitro groups is 1. The van der Waals surface area contributed by atoms with Crippen LogP contribution in [0.3, 0.4) is 0 Å². The second kappa shape index (κ2) is 6.96. The molecule has 0 bridgehead atoms. The molecule has 0 unspecified atom stereocenters. The lowest BCUT2D eigenvalue weighted by atomic mass is 10.2. The zero-order valence-corrected chi connectivity index (χ0v) is 12.2. The Labute approximate surface area is 129 Å². The van der Waals surface area contributed by atoms with Gasteiger partial charge in [-0.25, -0.2) is 5.43 Å². The number of amides is 1. The third kappa shape index (κ3) is 4.37. The first-order chi connectivity index (χ1) is 10.1. The number of thiophene rings is 1. The van der Waals surface area contributed by atoms with E-state index in [0.717, 1.165) is 4.88 Å². The minimum absolute atomic E-state index is 0.0545. The van der Waals surface area contributed by atoms with Crippen molar-refractivity contribution in [3.8, 4) is 0 Å². The SMILES string of the molecule is O=C(Cc1cccs1)NN=Cc1ccc(Cl)c([N+](=O)[O-])c1. The second-order valence-electron chi connectivity index (χ2n) is 4.02. The van der Waals surface area contributed by atoms with Crippen LogP contribution in [0.25, 0.3) is 0 Å². The first-order valence-corrected chi connectivity index (χ1v) is 7.10. The van der Waals surface area contributed by atoms with Crippen LogP contribution in [0.1, 0.15) is 10.4 Å². The van der Waals surface area contributed by atoms with Crippen molar-refractivity contribution < 1.29 is 9.72 Å². The van der Waals surface area contributed by atoms with Gasteiger partial charge in [0.1, 0.15) is 5.02 Å². The van der Waals surface area contributed by atoms with Crippen molar-refractivity contribution in [2.45, 2.75) is 6.42 Å². The molecule has 0 saturated carbocycles. The first kappa shape index (κ1) is 15.1. The fraction of sp³-hybridized carbons (Fsp3) is 0.0769. The Balaban J connectivity index is 1.96. The van der Waals surface area contributed by atoms with Crippen LogP contribution in [-0.2, 0) is 11.2 Å². The molecule has 0 radical (unpaired) electrons. The monoisotopic (exact) mass is 323 g/mol. The molecule has 0 aliphatic rings. The molecule has 0 saturated heterocycles. The summed E-state index contributed by atoms with van der Waals surface area (Å²) in [7, 11) is 0. The van der Waals surface area contributed by atoms with Gasteiger partial charge in [-0.1, -0.05) is 23.7 Å². The quantitative estimate of drug-likeness (QED) is 0.521. The molecule has 2 aromatic rings. The van der Waals surface area contributed by atoms with Gasteiger partial charge < -0.3 is 0 Å². The smallest absolute Gasteiger partial charge is 0.273 e. The summed E-state index contributed by atoms with van der Waals surface area (Å²) >= 11 is 7.19. The Kier molecular flexibility index (Phi) is 5.02. The first-order valence-electron chi connectivity index (χ1n) is 5.84. The highest BCUT2D eigenvalue weighted by Crippen LogP contribution is 2.24. The van der Waals surface area contributed by atoms with Crippen molar-refractivity contribution in [1.29, 1.82) is 0 Å². The van der Waals surface area contributed by atoms with Crippen LogP contribution in [0.5, 0.6) is 0 Å². The number of hydrogen-bond donors (Lipinski definition) is 1. The van der Waals surface area contributed by atoms with Crippen molar-refractivity contribution in [2.24, 2.45) is 5.10 Å². The topological polar surface area (TPSA) is 84.6 Å². The maximum Gasteiger partial charge on any atom is 0.288 e. The van der Waals surface area contributed by atoms with E-state index >= 15 is 0 Å². The van der Waals surface area contributed by atoms with E-state index in [1.807, 2.05) is 17.5 Å². The molecule has 2 rings (SSSR count). The number of hydrazone groups is 1. The molecule has 1 N–H and O–H groups in total. The zero-order valence-electron chi connectivity index (χ0n) is 10.7. The second-order valence-corrected chi connectivity index (χ2v) is 5.46. The van der Waals surface area contributed by atoms with E-state index in [1.165, 1.54) is 29.7 Å². The summed E-state index contributed by atoms with van der Waals surface area (Å²) < 4.78 is 0. The number of hydrogen-bond acceptors (Lipinski definition) is 5. The van der Waals surface area contributed by atoms with Gasteiger partial charge >= 0.3 is 0 Å². The van der Waals surface area contributed by atoms with Crippen molar-refractivity contribution in [3.05, 3.63) is 61.3 Å². The molecule has 1 amide bonds. The summed E-state index contributed by atoms with van der Waals surface area (Å²) in [5, 5.41) is 16.5. The van der Waals surface area contributed by atoms with Gasteiger partial charge in [0, 0.05) is 16.5 Å². The number of halogens is 1. The summed E-state index contributed by atoms with van der Waals surface area (Å²) in [4.78, 5) is 22.7. The maximum absolute atomic E-state index is 11.6. The van der Waals surface area contributed by atoms with Crippen LogP contribution in [-0.4, -0.2) is 17.0 Å². The van der Waals surface area contributed by atoms with Crippen molar-refractivity contribution in [3.63, 3.8) is 0 Å². The Bertz CT molecular complexity index is 686. The van der Waals surface area contributed by atoms with Gasteiger partial charge in [-0.05, 0) is 17.5 Å². The lowest BCUT2D eigenvalue weighted by molar-refractivity contribution is -0.384. The lowest BCUT2D eigenvalue weighted by Gasteiger charge is -1.98. The predicted molar refractivity (Wildman–Crippen MR) is 81.9 cm³/mol. The molecule has 8 heteroatoms. The summed E-state index contributed by atoms with van der Waals surface area (Å²) in [6.07, 6.45) is 1.57. The highest BCUT2D eigenvalue weighted by atomic mass is 35.5. The highest BCUT2D eigenvalue weighted by Gasteiger charge is 2.11. The van der Waals surface area contributed by atoms with Crippen molar-refractivity contribution >= 4 is 40.7 Å². The molecule has 0 aliphatic heterocycles. The van der Waals surface area contributed by atoms with E-state index in [-0.39, 0.29) is 23.0 Å². The average Bonchev–Trinajstić information content (AvgIpc) is 2.93.